The van der Waals surface area contributed by atoms with Gasteiger partial charge in [0.05, 0.1) is 17.9 Å². The van der Waals surface area contributed by atoms with Gasteiger partial charge in [-0.3, -0.25) is 4.98 Å². The van der Waals surface area contributed by atoms with Crippen molar-refractivity contribution in [3.8, 4) is 0 Å². The standard InChI is InChI=1S/C17H22N6/c1-17(2,3)9-8-14(16-20-22-23-21-16)19-15-11-18-10-12-6-4-5-7-13(12)15/h4-7,10-11,14,19H,8-9H2,1-3H3,(H,20,21,22,23). The fourth-order valence-electron chi connectivity index (χ4n) is 2.58. The fraction of sp³-hybridized carbons (Fsp3) is 0.412. The minimum absolute atomic E-state index is 0.000538. The Kier molecular flexibility index (Phi) is 4.23. The number of aromatic nitrogens is 5. The summed E-state index contributed by atoms with van der Waals surface area (Å²) >= 11 is 0. The Hall–Kier alpha value is -2.50. The number of pyridine rings is 1. The molecule has 0 aliphatic heterocycles. The van der Waals surface area contributed by atoms with E-state index in [-0.39, 0.29) is 11.5 Å². The lowest BCUT2D eigenvalue weighted by Gasteiger charge is -2.23. The molecule has 0 aliphatic carbocycles. The van der Waals surface area contributed by atoms with Crippen LogP contribution in [-0.4, -0.2) is 25.6 Å². The number of aromatic amines is 1. The molecule has 0 spiro atoms. The second-order valence-corrected chi connectivity index (χ2v) is 6.97. The molecule has 0 saturated heterocycles. The first-order valence-corrected chi connectivity index (χ1v) is 7.85. The summed E-state index contributed by atoms with van der Waals surface area (Å²) in [7, 11) is 0. The molecule has 0 radical (unpaired) electrons. The van der Waals surface area contributed by atoms with Gasteiger partial charge >= 0.3 is 0 Å². The Morgan fingerprint density at radius 2 is 2.00 bits per heavy atom. The van der Waals surface area contributed by atoms with Gasteiger partial charge in [-0.25, -0.2) is 0 Å². The number of nitrogens with zero attached hydrogens (tertiary/aromatic N) is 4. The quantitative estimate of drug-likeness (QED) is 0.750. The van der Waals surface area contributed by atoms with Gasteiger partial charge in [-0.05, 0) is 18.3 Å². The summed E-state index contributed by atoms with van der Waals surface area (Å²) in [6.45, 7) is 6.71. The molecule has 0 aliphatic rings. The van der Waals surface area contributed by atoms with Gasteiger partial charge in [-0.2, -0.15) is 5.21 Å². The van der Waals surface area contributed by atoms with E-state index in [1.807, 2.05) is 24.5 Å². The molecule has 0 bridgehead atoms. The fourth-order valence-corrected chi connectivity index (χ4v) is 2.58. The van der Waals surface area contributed by atoms with Crippen molar-refractivity contribution in [3.63, 3.8) is 0 Å². The average molecular weight is 310 g/mol. The van der Waals surface area contributed by atoms with Crippen molar-refractivity contribution in [3.05, 3.63) is 42.5 Å². The first-order chi connectivity index (χ1) is 11.0. The predicted molar refractivity (Wildman–Crippen MR) is 91.0 cm³/mol. The topological polar surface area (TPSA) is 79.4 Å². The second-order valence-electron chi connectivity index (χ2n) is 6.97. The van der Waals surface area contributed by atoms with Crippen molar-refractivity contribution >= 4 is 16.5 Å². The van der Waals surface area contributed by atoms with Crippen LogP contribution in [0.3, 0.4) is 0 Å². The van der Waals surface area contributed by atoms with Crippen LogP contribution in [0.1, 0.15) is 45.5 Å². The largest absolute Gasteiger partial charge is 0.373 e. The molecule has 6 heteroatoms. The highest BCUT2D eigenvalue weighted by Crippen LogP contribution is 2.30. The van der Waals surface area contributed by atoms with Gasteiger partial charge in [0.2, 0.25) is 0 Å². The first-order valence-electron chi connectivity index (χ1n) is 7.85. The number of hydrogen-bond acceptors (Lipinski definition) is 5. The van der Waals surface area contributed by atoms with E-state index in [2.05, 4.69) is 63.8 Å². The summed E-state index contributed by atoms with van der Waals surface area (Å²) in [5.41, 5.74) is 1.24. The maximum Gasteiger partial charge on any atom is 0.196 e. The highest BCUT2D eigenvalue weighted by molar-refractivity contribution is 5.92. The van der Waals surface area contributed by atoms with Gasteiger partial charge in [0, 0.05) is 17.0 Å². The molecule has 3 aromatic rings. The van der Waals surface area contributed by atoms with Crippen molar-refractivity contribution in [2.75, 3.05) is 5.32 Å². The maximum atomic E-state index is 4.33. The highest BCUT2D eigenvalue weighted by Gasteiger charge is 2.20. The molecule has 1 unspecified atom stereocenters. The summed E-state index contributed by atoms with van der Waals surface area (Å²) in [5.74, 6) is 0.683. The van der Waals surface area contributed by atoms with Crippen LogP contribution in [-0.2, 0) is 0 Å². The number of H-pyrrole nitrogens is 1. The van der Waals surface area contributed by atoms with Crippen LogP contribution in [0, 0.1) is 5.41 Å². The van der Waals surface area contributed by atoms with Crippen LogP contribution >= 0.6 is 0 Å². The molecule has 3 rings (SSSR count). The Balaban J connectivity index is 1.88. The van der Waals surface area contributed by atoms with Gasteiger partial charge in [-0.15, -0.1) is 10.2 Å². The minimum atomic E-state index is 0.000538. The molecule has 6 nitrogen and oxygen atoms in total. The molecule has 120 valence electrons. The summed E-state index contributed by atoms with van der Waals surface area (Å²) in [4.78, 5) is 4.33. The molecule has 0 amide bonds. The third-order valence-electron chi connectivity index (χ3n) is 3.85. The third kappa shape index (κ3) is 3.83. The summed E-state index contributed by atoms with van der Waals surface area (Å²) < 4.78 is 0. The molecule has 1 aromatic carbocycles. The summed E-state index contributed by atoms with van der Waals surface area (Å²) in [6.07, 6.45) is 5.70. The maximum absolute atomic E-state index is 4.33. The molecule has 0 fully saturated rings. The third-order valence-corrected chi connectivity index (χ3v) is 3.85. The Bertz CT molecular complexity index is 755. The zero-order valence-corrected chi connectivity index (χ0v) is 13.7. The molecule has 2 N–H and O–H groups in total. The molecular formula is C17H22N6. The van der Waals surface area contributed by atoms with Gasteiger partial charge in [0.1, 0.15) is 0 Å². The van der Waals surface area contributed by atoms with E-state index in [0.717, 1.165) is 29.3 Å². The number of anilines is 1. The van der Waals surface area contributed by atoms with E-state index in [1.165, 1.54) is 0 Å². The number of rotatable bonds is 5. The lowest BCUT2D eigenvalue weighted by Crippen LogP contribution is -2.16. The van der Waals surface area contributed by atoms with Gasteiger partial charge in [0.25, 0.3) is 0 Å². The van der Waals surface area contributed by atoms with Crippen LogP contribution < -0.4 is 5.32 Å². The smallest absolute Gasteiger partial charge is 0.196 e. The number of fused-ring (bicyclic) bond motifs is 1. The van der Waals surface area contributed by atoms with E-state index in [4.69, 9.17) is 0 Å². The Morgan fingerprint density at radius 1 is 1.17 bits per heavy atom. The molecule has 2 heterocycles. The van der Waals surface area contributed by atoms with Crippen LogP contribution in [0.4, 0.5) is 5.69 Å². The second kappa shape index (κ2) is 6.32. The van der Waals surface area contributed by atoms with E-state index < -0.39 is 0 Å². The van der Waals surface area contributed by atoms with Crippen molar-refractivity contribution in [2.45, 2.75) is 39.7 Å². The van der Waals surface area contributed by atoms with Crippen LogP contribution in [0.2, 0.25) is 0 Å². The van der Waals surface area contributed by atoms with E-state index >= 15 is 0 Å². The normalized spacial score (nSPS) is 13.2. The van der Waals surface area contributed by atoms with E-state index in [0.29, 0.717) is 5.82 Å². The molecule has 2 aromatic heterocycles. The SMILES string of the molecule is CC(C)(C)CCC(Nc1cncc2ccccc12)c1nn[nH]n1. The van der Waals surface area contributed by atoms with Crippen LogP contribution in [0.15, 0.2) is 36.7 Å². The number of nitrogens with one attached hydrogen (secondary N) is 2. The van der Waals surface area contributed by atoms with Crippen LogP contribution in [0.25, 0.3) is 10.8 Å². The van der Waals surface area contributed by atoms with Crippen molar-refractivity contribution in [2.24, 2.45) is 5.41 Å². The Morgan fingerprint density at radius 3 is 2.74 bits per heavy atom. The lowest BCUT2D eigenvalue weighted by atomic mass is 9.88. The van der Waals surface area contributed by atoms with E-state index in [9.17, 15) is 0 Å². The average Bonchev–Trinajstić information content (AvgIpc) is 3.05. The Labute approximate surface area is 135 Å². The molecule has 0 saturated carbocycles. The van der Waals surface area contributed by atoms with Crippen molar-refractivity contribution in [1.82, 2.24) is 25.6 Å². The zero-order chi connectivity index (χ0) is 16.3. The lowest BCUT2D eigenvalue weighted by molar-refractivity contribution is 0.352. The predicted octanol–water partition coefficient (Wildman–Crippen LogP) is 3.73. The number of tetrazole rings is 1. The van der Waals surface area contributed by atoms with E-state index in [1.54, 1.807) is 0 Å². The minimum Gasteiger partial charge on any atom is -0.373 e. The first kappa shape index (κ1) is 15.4. The number of benzene rings is 1. The van der Waals surface area contributed by atoms with Crippen LogP contribution in [0.5, 0.6) is 0 Å². The summed E-state index contributed by atoms with van der Waals surface area (Å²) in [6, 6.07) is 8.21. The molecular weight excluding hydrogens is 288 g/mol. The molecule has 23 heavy (non-hydrogen) atoms. The van der Waals surface area contributed by atoms with Gasteiger partial charge < -0.3 is 5.32 Å². The summed E-state index contributed by atoms with van der Waals surface area (Å²) in [5, 5.41) is 20.4. The van der Waals surface area contributed by atoms with Gasteiger partial charge in [0.15, 0.2) is 5.82 Å². The monoisotopic (exact) mass is 310 g/mol. The van der Waals surface area contributed by atoms with Crippen molar-refractivity contribution in [1.29, 1.82) is 0 Å². The van der Waals surface area contributed by atoms with Gasteiger partial charge in [-0.1, -0.05) is 50.3 Å². The zero-order valence-electron chi connectivity index (χ0n) is 13.7. The molecule has 1 atom stereocenters. The number of hydrogen-bond donors (Lipinski definition) is 2. The van der Waals surface area contributed by atoms with Crippen molar-refractivity contribution < 1.29 is 0 Å². The highest BCUT2D eigenvalue weighted by atomic mass is 15.5.